The van der Waals surface area contributed by atoms with E-state index in [1.807, 2.05) is 19.9 Å². The highest BCUT2D eigenvalue weighted by molar-refractivity contribution is 5.95. The summed E-state index contributed by atoms with van der Waals surface area (Å²) in [5.74, 6) is -0.0605. The highest BCUT2D eigenvalue weighted by Gasteiger charge is 2.28. The van der Waals surface area contributed by atoms with Gasteiger partial charge in [0.25, 0.3) is 5.91 Å². The number of rotatable bonds is 7. The molecule has 2 N–H and O–H groups in total. The number of amides is 1. The van der Waals surface area contributed by atoms with Gasteiger partial charge in [0.1, 0.15) is 0 Å². The molecular weight excluding hydrogens is 256 g/mol. The van der Waals surface area contributed by atoms with Crippen molar-refractivity contribution in [1.29, 1.82) is 0 Å². The maximum absolute atomic E-state index is 12.2. The molecule has 0 spiro atoms. The van der Waals surface area contributed by atoms with Crippen molar-refractivity contribution in [2.45, 2.75) is 45.3 Å². The number of nitrogens with one attached hydrogen (secondary N) is 1. The second-order valence-corrected chi connectivity index (χ2v) is 5.54. The average molecular weight is 280 g/mol. The number of aryl methyl sites for hydroxylation is 1. The van der Waals surface area contributed by atoms with Crippen LogP contribution in [-0.2, 0) is 4.74 Å². The Labute approximate surface area is 119 Å². The van der Waals surface area contributed by atoms with E-state index in [1.54, 1.807) is 7.11 Å². The number of aliphatic hydroxyl groups excluding tert-OH is 1. The Bertz CT molecular complexity index is 478. The van der Waals surface area contributed by atoms with Crippen LogP contribution in [0.5, 0.6) is 0 Å². The Balaban J connectivity index is 1.91. The molecular formula is C15H24N2O3. The Morgan fingerprint density at radius 2 is 2.25 bits per heavy atom. The van der Waals surface area contributed by atoms with Gasteiger partial charge < -0.3 is 19.7 Å². The van der Waals surface area contributed by atoms with Crippen LogP contribution in [0.1, 0.15) is 47.1 Å². The van der Waals surface area contributed by atoms with Crippen molar-refractivity contribution < 1.29 is 14.6 Å². The number of methoxy groups -OCH3 is 1. The lowest BCUT2D eigenvalue weighted by Gasteiger charge is -2.10. The monoisotopic (exact) mass is 280 g/mol. The van der Waals surface area contributed by atoms with Crippen molar-refractivity contribution in [3.05, 3.63) is 23.0 Å². The molecule has 0 radical (unpaired) electrons. The van der Waals surface area contributed by atoms with E-state index >= 15 is 0 Å². The number of nitrogens with zero attached hydrogens (tertiary/aromatic N) is 1. The van der Waals surface area contributed by atoms with E-state index in [0.717, 1.165) is 17.0 Å². The molecule has 1 fully saturated rings. The molecule has 1 heterocycles. The Kier molecular flexibility index (Phi) is 4.83. The molecule has 0 bridgehead atoms. The molecule has 112 valence electrons. The third-order valence-corrected chi connectivity index (χ3v) is 3.76. The molecule has 1 saturated carbocycles. The van der Waals surface area contributed by atoms with Crippen molar-refractivity contribution in [3.63, 3.8) is 0 Å². The topological polar surface area (TPSA) is 63.5 Å². The molecule has 1 unspecified atom stereocenters. The fourth-order valence-corrected chi connectivity index (χ4v) is 2.62. The van der Waals surface area contributed by atoms with Gasteiger partial charge in [-0.15, -0.1) is 0 Å². The van der Waals surface area contributed by atoms with Crippen LogP contribution < -0.4 is 5.32 Å². The molecule has 1 amide bonds. The van der Waals surface area contributed by atoms with E-state index in [-0.39, 0.29) is 5.91 Å². The predicted molar refractivity (Wildman–Crippen MR) is 77.0 cm³/mol. The number of carbonyl (C=O) groups excluding carboxylic acids is 1. The first-order valence-corrected chi connectivity index (χ1v) is 7.18. The lowest BCUT2D eigenvalue weighted by atomic mass is 10.2. The van der Waals surface area contributed by atoms with Gasteiger partial charge >= 0.3 is 0 Å². The van der Waals surface area contributed by atoms with Gasteiger partial charge in [0.05, 0.1) is 18.3 Å². The Morgan fingerprint density at radius 1 is 1.55 bits per heavy atom. The van der Waals surface area contributed by atoms with Crippen LogP contribution in [0.2, 0.25) is 0 Å². The van der Waals surface area contributed by atoms with Gasteiger partial charge in [-0.2, -0.15) is 0 Å². The SMILES string of the molecule is COCC(O)CCNC(=O)c1cc(C)n(C2CC2)c1C. The molecule has 1 aromatic rings. The minimum absolute atomic E-state index is 0.0605. The molecule has 5 nitrogen and oxygen atoms in total. The van der Waals surface area contributed by atoms with Crippen LogP contribution in [0, 0.1) is 13.8 Å². The summed E-state index contributed by atoms with van der Waals surface area (Å²) in [6, 6.07) is 2.54. The zero-order chi connectivity index (χ0) is 14.7. The highest BCUT2D eigenvalue weighted by atomic mass is 16.5. The van der Waals surface area contributed by atoms with Crippen molar-refractivity contribution in [3.8, 4) is 0 Å². The second-order valence-electron chi connectivity index (χ2n) is 5.54. The Hall–Kier alpha value is -1.33. The highest BCUT2D eigenvalue weighted by Crippen LogP contribution is 2.38. The zero-order valence-corrected chi connectivity index (χ0v) is 12.5. The van der Waals surface area contributed by atoms with Crippen LogP contribution >= 0.6 is 0 Å². The molecule has 20 heavy (non-hydrogen) atoms. The first-order valence-electron chi connectivity index (χ1n) is 7.18. The maximum atomic E-state index is 12.2. The summed E-state index contributed by atoms with van der Waals surface area (Å²) in [7, 11) is 1.55. The molecule has 0 aliphatic heterocycles. The zero-order valence-electron chi connectivity index (χ0n) is 12.5. The van der Waals surface area contributed by atoms with Gasteiger partial charge in [-0.05, 0) is 39.2 Å². The first-order chi connectivity index (χ1) is 9.54. The van der Waals surface area contributed by atoms with E-state index in [0.29, 0.717) is 25.6 Å². The van der Waals surface area contributed by atoms with Crippen molar-refractivity contribution >= 4 is 5.91 Å². The van der Waals surface area contributed by atoms with Crippen molar-refractivity contribution in [1.82, 2.24) is 9.88 Å². The molecule has 2 rings (SSSR count). The third kappa shape index (κ3) is 3.41. The molecule has 0 saturated heterocycles. The average Bonchev–Trinajstić information content (AvgIpc) is 3.16. The lowest BCUT2D eigenvalue weighted by molar-refractivity contribution is 0.0587. The van der Waals surface area contributed by atoms with E-state index in [2.05, 4.69) is 9.88 Å². The Morgan fingerprint density at radius 3 is 2.85 bits per heavy atom. The van der Waals surface area contributed by atoms with Gasteiger partial charge in [-0.3, -0.25) is 4.79 Å². The molecule has 1 atom stereocenters. The summed E-state index contributed by atoms with van der Waals surface area (Å²) < 4.78 is 7.11. The van der Waals surface area contributed by atoms with Crippen LogP contribution in [-0.4, -0.2) is 41.9 Å². The van der Waals surface area contributed by atoms with Gasteiger partial charge in [-0.25, -0.2) is 0 Å². The summed E-state index contributed by atoms with van der Waals surface area (Å²) in [6.07, 6.45) is 2.39. The van der Waals surface area contributed by atoms with Crippen molar-refractivity contribution in [2.24, 2.45) is 0 Å². The number of carbonyl (C=O) groups is 1. The first kappa shape index (κ1) is 15.1. The normalized spacial score (nSPS) is 16.2. The lowest BCUT2D eigenvalue weighted by Crippen LogP contribution is -2.28. The number of ether oxygens (including phenoxy) is 1. The van der Waals surface area contributed by atoms with Crippen LogP contribution in [0.4, 0.5) is 0 Å². The largest absolute Gasteiger partial charge is 0.391 e. The quantitative estimate of drug-likeness (QED) is 0.797. The second kappa shape index (κ2) is 6.41. The summed E-state index contributed by atoms with van der Waals surface area (Å²) in [4.78, 5) is 12.2. The summed E-state index contributed by atoms with van der Waals surface area (Å²) in [6.45, 7) is 4.80. The van der Waals surface area contributed by atoms with Crippen LogP contribution in [0.25, 0.3) is 0 Å². The molecule has 5 heteroatoms. The number of aliphatic hydroxyl groups is 1. The van der Waals surface area contributed by atoms with Gasteiger partial charge in [0.15, 0.2) is 0 Å². The van der Waals surface area contributed by atoms with Crippen LogP contribution in [0.15, 0.2) is 6.07 Å². The fourth-order valence-electron chi connectivity index (χ4n) is 2.62. The fraction of sp³-hybridized carbons (Fsp3) is 0.667. The van der Waals surface area contributed by atoms with E-state index in [1.165, 1.54) is 12.8 Å². The van der Waals surface area contributed by atoms with Gasteiger partial charge in [0.2, 0.25) is 0 Å². The number of hydrogen-bond acceptors (Lipinski definition) is 3. The molecule has 1 aromatic heterocycles. The smallest absolute Gasteiger partial charge is 0.253 e. The number of aromatic nitrogens is 1. The van der Waals surface area contributed by atoms with E-state index < -0.39 is 6.10 Å². The predicted octanol–water partition coefficient (Wildman–Crippen LogP) is 1.57. The summed E-state index contributed by atoms with van der Waals surface area (Å²) in [5.41, 5.74) is 2.94. The van der Waals surface area contributed by atoms with Gasteiger partial charge in [-0.1, -0.05) is 0 Å². The van der Waals surface area contributed by atoms with E-state index in [9.17, 15) is 9.90 Å². The minimum Gasteiger partial charge on any atom is -0.391 e. The van der Waals surface area contributed by atoms with Gasteiger partial charge in [0, 0.05) is 31.1 Å². The molecule has 1 aliphatic rings. The van der Waals surface area contributed by atoms with Crippen LogP contribution in [0.3, 0.4) is 0 Å². The summed E-state index contributed by atoms with van der Waals surface area (Å²) >= 11 is 0. The minimum atomic E-state index is -0.529. The standard InChI is InChI=1S/C15H24N2O3/c1-10-8-14(11(2)17(10)12-4-5-12)15(19)16-7-6-13(18)9-20-3/h8,12-13,18H,4-7,9H2,1-3H3,(H,16,19). The summed E-state index contributed by atoms with van der Waals surface area (Å²) in [5, 5.41) is 12.4. The third-order valence-electron chi connectivity index (χ3n) is 3.76. The van der Waals surface area contributed by atoms with Crippen molar-refractivity contribution in [2.75, 3.05) is 20.3 Å². The maximum Gasteiger partial charge on any atom is 0.253 e. The molecule has 0 aromatic carbocycles. The molecule has 1 aliphatic carbocycles. The van der Waals surface area contributed by atoms with E-state index in [4.69, 9.17) is 4.74 Å². The number of hydrogen-bond donors (Lipinski definition) is 2.